The predicted molar refractivity (Wildman–Crippen MR) is 71.0 cm³/mol. The second-order valence-corrected chi connectivity index (χ2v) is 4.29. The van der Waals surface area contributed by atoms with E-state index in [0.717, 1.165) is 0 Å². The SMILES string of the molecule is COCCN(Cc1occc1C(=O)OC)C(C)C(N)=O. The number of nitrogens with two attached hydrogens (primary N) is 1. The molecule has 0 aliphatic carbocycles. The number of carbonyl (C=O) groups is 2. The smallest absolute Gasteiger partial charge is 0.341 e. The highest BCUT2D eigenvalue weighted by atomic mass is 16.5. The van der Waals surface area contributed by atoms with E-state index in [4.69, 9.17) is 14.9 Å². The summed E-state index contributed by atoms with van der Waals surface area (Å²) >= 11 is 0. The summed E-state index contributed by atoms with van der Waals surface area (Å²) in [5.41, 5.74) is 5.66. The van der Waals surface area contributed by atoms with Gasteiger partial charge in [0.25, 0.3) is 0 Å². The van der Waals surface area contributed by atoms with Crippen molar-refractivity contribution in [1.29, 1.82) is 0 Å². The molecule has 7 heteroatoms. The molecule has 112 valence electrons. The number of hydrogen-bond acceptors (Lipinski definition) is 6. The van der Waals surface area contributed by atoms with Gasteiger partial charge < -0.3 is 19.6 Å². The monoisotopic (exact) mass is 284 g/mol. The van der Waals surface area contributed by atoms with Crippen molar-refractivity contribution in [2.24, 2.45) is 5.73 Å². The highest BCUT2D eigenvalue weighted by Gasteiger charge is 2.23. The van der Waals surface area contributed by atoms with Gasteiger partial charge in [-0.3, -0.25) is 9.69 Å². The largest absolute Gasteiger partial charge is 0.467 e. The Kier molecular flexibility index (Phi) is 6.20. The number of rotatable bonds is 8. The first-order chi connectivity index (χ1) is 9.51. The van der Waals surface area contributed by atoms with Crippen LogP contribution < -0.4 is 5.73 Å². The first kappa shape index (κ1) is 16.2. The van der Waals surface area contributed by atoms with Crippen molar-refractivity contribution in [1.82, 2.24) is 4.90 Å². The molecule has 1 atom stereocenters. The molecule has 1 aromatic rings. The summed E-state index contributed by atoms with van der Waals surface area (Å²) in [6, 6.07) is 1.03. The fourth-order valence-electron chi connectivity index (χ4n) is 1.74. The molecule has 0 fully saturated rings. The van der Waals surface area contributed by atoms with Crippen molar-refractivity contribution in [3.63, 3.8) is 0 Å². The van der Waals surface area contributed by atoms with E-state index in [2.05, 4.69) is 4.74 Å². The lowest BCUT2D eigenvalue weighted by Gasteiger charge is -2.25. The summed E-state index contributed by atoms with van der Waals surface area (Å²) in [5.74, 6) is -0.500. The Bertz CT molecular complexity index is 457. The molecule has 0 aliphatic rings. The van der Waals surface area contributed by atoms with Crippen LogP contribution in [0.1, 0.15) is 23.0 Å². The minimum Gasteiger partial charge on any atom is -0.467 e. The zero-order chi connectivity index (χ0) is 15.1. The maximum atomic E-state index is 11.6. The van der Waals surface area contributed by atoms with Crippen LogP contribution in [0.25, 0.3) is 0 Å². The van der Waals surface area contributed by atoms with E-state index < -0.39 is 17.9 Å². The van der Waals surface area contributed by atoms with E-state index in [-0.39, 0.29) is 6.54 Å². The minimum absolute atomic E-state index is 0.269. The topological polar surface area (TPSA) is 95.0 Å². The van der Waals surface area contributed by atoms with E-state index in [9.17, 15) is 9.59 Å². The number of esters is 1. The third-order valence-corrected chi connectivity index (χ3v) is 3.04. The van der Waals surface area contributed by atoms with Gasteiger partial charge in [-0.15, -0.1) is 0 Å². The highest BCUT2D eigenvalue weighted by Crippen LogP contribution is 2.16. The van der Waals surface area contributed by atoms with Gasteiger partial charge in [-0.2, -0.15) is 0 Å². The molecule has 0 aromatic carbocycles. The van der Waals surface area contributed by atoms with Gasteiger partial charge in [-0.05, 0) is 13.0 Å². The van der Waals surface area contributed by atoms with E-state index >= 15 is 0 Å². The van der Waals surface area contributed by atoms with Crippen molar-refractivity contribution >= 4 is 11.9 Å². The maximum absolute atomic E-state index is 11.6. The summed E-state index contributed by atoms with van der Waals surface area (Å²) in [4.78, 5) is 24.7. The fourth-order valence-corrected chi connectivity index (χ4v) is 1.74. The normalized spacial score (nSPS) is 12.4. The minimum atomic E-state index is -0.499. The molecule has 1 heterocycles. The van der Waals surface area contributed by atoms with Gasteiger partial charge in [0.1, 0.15) is 11.3 Å². The van der Waals surface area contributed by atoms with Crippen molar-refractivity contribution in [2.45, 2.75) is 19.5 Å². The third-order valence-electron chi connectivity index (χ3n) is 3.04. The molecule has 2 N–H and O–H groups in total. The lowest BCUT2D eigenvalue weighted by molar-refractivity contribution is -0.123. The number of ether oxygens (including phenoxy) is 2. The Labute approximate surface area is 117 Å². The molecule has 0 radical (unpaired) electrons. The number of nitrogens with zero attached hydrogens (tertiary/aromatic N) is 1. The Morgan fingerprint density at radius 2 is 2.15 bits per heavy atom. The molecular weight excluding hydrogens is 264 g/mol. The standard InChI is InChI=1S/C13H20N2O5/c1-9(12(14)16)15(5-7-18-2)8-11-10(4-6-20-11)13(17)19-3/h4,6,9H,5,7-8H2,1-3H3,(H2,14,16). The van der Waals surface area contributed by atoms with Crippen LogP contribution in [0.2, 0.25) is 0 Å². The molecule has 20 heavy (non-hydrogen) atoms. The van der Waals surface area contributed by atoms with Crippen molar-refractivity contribution in [2.75, 3.05) is 27.4 Å². The van der Waals surface area contributed by atoms with Crippen LogP contribution >= 0.6 is 0 Å². The van der Waals surface area contributed by atoms with Gasteiger partial charge in [0, 0.05) is 13.7 Å². The lowest BCUT2D eigenvalue weighted by Crippen LogP contribution is -2.43. The molecular formula is C13H20N2O5. The van der Waals surface area contributed by atoms with Crippen molar-refractivity contribution < 1.29 is 23.5 Å². The Hall–Kier alpha value is -1.86. The summed E-state index contributed by atoms with van der Waals surface area (Å²) in [6.45, 7) is 2.89. The zero-order valence-electron chi connectivity index (χ0n) is 11.9. The molecule has 1 unspecified atom stereocenters. The second-order valence-electron chi connectivity index (χ2n) is 4.29. The molecule has 1 amide bonds. The molecule has 0 saturated heterocycles. The molecule has 1 aromatic heterocycles. The molecule has 0 aliphatic heterocycles. The molecule has 0 bridgehead atoms. The van der Waals surface area contributed by atoms with Crippen molar-refractivity contribution in [3.8, 4) is 0 Å². The van der Waals surface area contributed by atoms with E-state index in [1.165, 1.54) is 19.4 Å². The molecule has 1 rings (SSSR count). The van der Waals surface area contributed by atoms with Gasteiger partial charge in [-0.25, -0.2) is 4.79 Å². The van der Waals surface area contributed by atoms with Crippen LogP contribution in [0.4, 0.5) is 0 Å². The number of furan rings is 1. The summed E-state index contributed by atoms with van der Waals surface area (Å²) in [7, 11) is 2.87. The highest BCUT2D eigenvalue weighted by molar-refractivity contribution is 5.90. The van der Waals surface area contributed by atoms with Gasteiger partial charge in [-0.1, -0.05) is 0 Å². The number of primary amides is 1. The van der Waals surface area contributed by atoms with E-state index in [1.54, 1.807) is 18.9 Å². The lowest BCUT2D eigenvalue weighted by atomic mass is 10.2. The van der Waals surface area contributed by atoms with Crippen LogP contribution in [-0.4, -0.2) is 50.2 Å². The summed E-state index contributed by atoms with van der Waals surface area (Å²) in [6.07, 6.45) is 1.41. The number of amides is 1. The van der Waals surface area contributed by atoms with Crippen LogP contribution in [-0.2, 0) is 20.8 Å². The van der Waals surface area contributed by atoms with Crippen LogP contribution in [0.3, 0.4) is 0 Å². The van der Waals surface area contributed by atoms with Crippen LogP contribution in [0, 0.1) is 0 Å². The second kappa shape index (κ2) is 7.66. The number of methoxy groups -OCH3 is 2. The van der Waals surface area contributed by atoms with Crippen LogP contribution in [0.5, 0.6) is 0 Å². The maximum Gasteiger partial charge on any atom is 0.341 e. The average molecular weight is 284 g/mol. The van der Waals surface area contributed by atoms with Gasteiger partial charge in [0.15, 0.2) is 0 Å². The Morgan fingerprint density at radius 3 is 2.70 bits per heavy atom. The predicted octanol–water partition coefficient (Wildman–Crippen LogP) is 0.388. The first-order valence-corrected chi connectivity index (χ1v) is 6.18. The summed E-state index contributed by atoms with van der Waals surface area (Å²) in [5, 5.41) is 0. The first-order valence-electron chi connectivity index (χ1n) is 6.18. The summed E-state index contributed by atoms with van der Waals surface area (Å²) < 4.78 is 15.0. The molecule has 0 spiro atoms. The number of hydrogen-bond donors (Lipinski definition) is 1. The molecule has 7 nitrogen and oxygen atoms in total. The third kappa shape index (κ3) is 4.07. The Balaban J connectivity index is 2.86. The van der Waals surface area contributed by atoms with Gasteiger partial charge in [0.2, 0.25) is 5.91 Å². The quantitative estimate of drug-likeness (QED) is 0.694. The average Bonchev–Trinajstić information content (AvgIpc) is 2.89. The zero-order valence-corrected chi connectivity index (χ0v) is 11.9. The van der Waals surface area contributed by atoms with Crippen LogP contribution in [0.15, 0.2) is 16.7 Å². The number of carbonyl (C=O) groups excluding carboxylic acids is 2. The fraction of sp³-hybridized carbons (Fsp3) is 0.538. The van der Waals surface area contributed by atoms with Gasteiger partial charge in [0.05, 0.1) is 32.6 Å². The Morgan fingerprint density at radius 1 is 1.45 bits per heavy atom. The van der Waals surface area contributed by atoms with E-state index in [1.807, 2.05) is 0 Å². The van der Waals surface area contributed by atoms with Gasteiger partial charge >= 0.3 is 5.97 Å². The molecule has 0 saturated carbocycles. The van der Waals surface area contributed by atoms with E-state index in [0.29, 0.717) is 24.5 Å². The van der Waals surface area contributed by atoms with Crippen molar-refractivity contribution in [3.05, 3.63) is 23.7 Å².